The zero-order valence-corrected chi connectivity index (χ0v) is 16.3. The molecule has 0 bridgehead atoms. The van der Waals surface area contributed by atoms with E-state index in [9.17, 15) is 4.79 Å². The van der Waals surface area contributed by atoms with Crippen molar-refractivity contribution in [2.75, 3.05) is 19.0 Å². The minimum Gasteiger partial charge on any atom is -0.437 e. The molecule has 0 fully saturated rings. The molecule has 3 aromatic heterocycles. The molecule has 0 saturated heterocycles. The molecule has 0 saturated carbocycles. The lowest BCUT2D eigenvalue weighted by Crippen LogP contribution is -2.07. The minimum absolute atomic E-state index is 0.296. The van der Waals surface area contributed by atoms with Gasteiger partial charge in [-0.25, -0.2) is 9.97 Å². The number of nitrogens with one attached hydrogen (secondary N) is 2. The van der Waals surface area contributed by atoms with Crippen molar-refractivity contribution in [2.45, 2.75) is 6.54 Å². The number of carbonyl (C=O) groups is 1. The number of hydrogen-bond acceptors (Lipinski definition) is 6. The van der Waals surface area contributed by atoms with Crippen molar-refractivity contribution >= 4 is 22.8 Å². The molecule has 1 amide bonds. The van der Waals surface area contributed by atoms with Gasteiger partial charge in [0, 0.05) is 36.8 Å². The van der Waals surface area contributed by atoms with Crippen molar-refractivity contribution in [2.24, 2.45) is 0 Å². The van der Waals surface area contributed by atoms with Gasteiger partial charge in [0.1, 0.15) is 11.3 Å². The average molecular weight is 404 g/mol. The smallest absolute Gasteiger partial charge is 0.247 e. The highest BCUT2D eigenvalue weighted by Crippen LogP contribution is 2.28. The number of rotatable bonds is 8. The number of nitrogens with zero attached hydrogens (tertiary/aromatic N) is 4. The number of carbonyl (C=O) groups excluding carboxylic acids is 1. The molecule has 30 heavy (non-hydrogen) atoms. The van der Waals surface area contributed by atoms with Crippen LogP contribution in [0.1, 0.15) is 0 Å². The van der Waals surface area contributed by atoms with Crippen LogP contribution in [0.15, 0.2) is 61.6 Å². The normalized spacial score (nSPS) is 10.8. The Balaban J connectivity index is 1.59. The molecule has 1 aromatic carbocycles. The van der Waals surface area contributed by atoms with Crippen LogP contribution in [0.2, 0.25) is 0 Å². The molecule has 0 aliphatic rings. The number of hydrogen-bond donors (Lipinski definition) is 2. The fourth-order valence-electron chi connectivity index (χ4n) is 2.89. The first-order chi connectivity index (χ1) is 14.7. The molecule has 0 unspecified atom stereocenters. The number of ether oxygens (including phenoxy) is 2. The fourth-order valence-corrected chi connectivity index (χ4v) is 2.89. The van der Waals surface area contributed by atoms with Gasteiger partial charge in [0.2, 0.25) is 11.8 Å². The summed E-state index contributed by atoms with van der Waals surface area (Å²) in [5.41, 5.74) is 3.48. The van der Waals surface area contributed by atoms with Gasteiger partial charge in [-0.05, 0) is 24.3 Å². The summed E-state index contributed by atoms with van der Waals surface area (Å²) in [6.45, 7) is 4.69. The van der Waals surface area contributed by atoms with Crippen molar-refractivity contribution in [1.82, 2.24) is 24.7 Å². The lowest BCUT2D eigenvalue weighted by atomic mass is 10.2. The van der Waals surface area contributed by atoms with Crippen LogP contribution in [0.3, 0.4) is 0 Å². The molecule has 9 nitrogen and oxygen atoms in total. The molecule has 0 atom stereocenters. The minimum atomic E-state index is -0.296. The second kappa shape index (κ2) is 8.58. The van der Waals surface area contributed by atoms with E-state index in [1.807, 2.05) is 23.1 Å². The van der Waals surface area contributed by atoms with Gasteiger partial charge in [-0.2, -0.15) is 5.10 Å². The first-order valence-electron chi connectivity index (χ1n) is 9.24. The number of aromatic amines is 1. The quantitative estimate of drug-likeness (QED) is 0.436. The molecule has 0 spiro atoms. The van der Waals surface area contributed by atoms with Gasteiger partial charge >= 0.3 is 0 Å². The molecule has 2 N–H and O–H groups in total. The molecule has 9 heteroatoms. The Labute approximate surface area is 172 Å². The van der Waals surface area contributed by atoms with Gasteiger partial charge in [-0.15, -0.1) is 0 Å². The third kappa shape index (κ3) is 4.20. The van der Waals surface area contributed by atoms with Crippen molar-refractivity contribution in [3.8, 4) is 22.9 Å². The third-order valence-electron chi connectivity index (χ3n) is 4.31. The monoisotopic (exact) mass is 404 g/mol. The average Bonchev–Trinajstić information content (AvgIpc) is 3.38. The highest BCUT2D eigenvalue weighted by molar-refractivity contribution is 5.99. The lowest BCUT2D eigenvalue weighted by Gasteiger charge is -2.07. The first-order valence-corrected chi connectivity index (χ1v) is 9.24. The van der Waals surface area contributed by atoms with Gasteiger partial charge in [-0.1, -0.05) is 12.6 Å². The predicted molar refractivity (Wildman–Crippen MR) is 112 cm³/mol. The number of methoxy groups -OCH3 is 1. The maximum atomic E-state index is 11.5. The van der Waals surface area contributed by atoms with E-state index in [-0.39, 0.29) is 5.91 Å². The van der Waals surface area contributed by atoms with Crippen LogP contribution in [0.5, 0.6) is 11.6 Å². The number of amides is 1. The van der Waals surface area contributed by atoms with Crippen LogP contribution in [0.25, 0.3) is 22.4 Å². The summed E-state index contributed by atoms with van der Waals surface area (Å²) in [5.74, 6) is 0.552. The van der Waals surface area contributed by atoms with E-state index in [4.69, 9.17) is 9.47 Å². The van der Waals surface area contributed by atoms with E-state index in [1.165, 1.54) is 12.3 Å². The van der Waals surface area contributed by atoms with Crippen LogP contribution in [-0.2, 0) is 16.1 Å². The first kappa shape index (κ1) is 19.3. The van der Waals surface area contributed by atoms with Crippen molar-refractivity contribution in [3.05, 3.63) is 61.6 Å². The number of benzene rings is 1. The van der Waals surface area contributed by atoms with Crippen LogP contribution < -0.4 is 10.1 Å². The maximum Gasteiger partial charge on any atom is 0.247 e. The molecular weight excluding hydrogens is 384 g/mol. The summed E-state index contributed by atoms with van der Waals surface area (Å²) in [6, 6.07) is 8.91. The van der Waals surface area contributed by atoms with Gasteiger partial charge in [0.15, 0.2) is 5.65 Å². The molecule has 0 aliphatic heterocycles. The van der Waals surface area contributed by atoms with Gasteiger partial charge in [-0.3, -0.25) is 9.48 Å². The molecule has 152 valence electrons. The third-order valence-corrected chi connectivity index (χ3v) is 4.31. The SMILES string of the molecule is C=CC(=O)Nc1cccc(Oc2cnc3[nH]cc(-c4ccn(CCOC)n4)c3n2)c1. The number of H-pyrrole nitrogens is 1. The van der Waals surface area contributed by atoms with E-state index in [0.29, 0.717) is 41.6 Å². The Kier molecular flexibility index (Phi) is 5.53. The predicted octanol–water partition coefficient (Wildman–Crippen LogP) is 3.38. The summed E-state index contributed by atoms with van der Waals surface area (Å²) < 4.78 is 12.8. The number of anilines is 1. The Morgan fingerprint density at radius 3 is 3.10 bits per heavy atom. The lowest BCUT2D eigenvalue weighted by molar-refractivity contribution is -0.111. The van der Waals surface area contributed by atoms with Crippen molar-refractivity contribution in [3.63, 3.8) is 0 Å². The topological polar surface area (TPSA) is 107 Å². The van der Waals surface area contributed by atoms with Gasteiger partial charge < -0.3 is 19.8 Å². The second-order valence-electron chi connectivity index (χ2n) is 6.39. The second-order valence-corrected chi connectivity index (χ2v) is 6.39. The largest absolute Gasteiger partial charge is 0.437 e. The molecule has 4 rings (SSSR count). The van der Waals surface area contributed by atoms with E-state index in [0.717, 1.165) is 11.3 Å². The molecular formula is C21H20N6O3. The zero-order valence-electron chi connectivity index (χ0n) is 16.3. The highest BCUT2D eigenvalue weighted by atomic mass is 16.5. The van der Waals surface area contributed by atoms with E-state index >= 15 is 0 Å². The Morgan fingerprint density at radius 2 is 2.27 bits per heavy atom. The Hall–Kier alpha value is -3.98. The Bertz CT molecular complexity index is 1200. The number of aromatic nitrogens is 5. The summed E-state index contributed by atoms with van der Waals surface area (Å²) in [4.78, 5) is 23.6. The maximum absolute atomic E-state index is 11.5. The van der Waals surface area contributed by atoms with E-state index < -0.39 is 0 Å². The molecule has 4 aromatic rings. The molecule has 0 aliphatic carbocycles. The summed E-state index contributed by atoms with van der Waals surface area (Å²) in [5, 5.41) is 7.25. The summed E-state index contributed by atoms with van der Waals surface area (Å²) in [7, 11) is 1.66. The van der Waals surface area contributed by atoms with Gasteiger partial charge in [0.05, 0.1) is 25.0 Å². The fraction of sp³-hybridized carbons (Fsp3) is 0.143. The number of fused-ring (bicyclic) bond motifs is 1. The van der Waals surface area contributed by atoms with Gasteiger partial charge in [0.25, 0.3) is 0 Å². The Morgan fingerprint density at radius 1 is 1.37 bits per heavy atom. The van der Waals surface area contributed by atoms with Crippen LogP contribution in [-0.4, -0.2) is 44.4 Å². The highest BCUT2D eigenvalue weighted by Gasteiger charge is 2.13. The van der Waals surface area contributed by atoms with E-state index in [1.54, 1.807) is 31.4 Å². The zero-order chi connectivity index (χ0) is 20.9. The van der Waals surface area contributed by atoms with E-state index in [2.05, 4.69) is 31.9 Å². The summed E-state index contributed by atoms with van der Waals surface area (Å²) in [6.07, 6.45) is 6.46. The van der Waals surface area contributed by atoms with Crippen LogP contribution in [0.4, 0.5) is 5.69 Å². The van der Waals surface area contributed by atoms with Crippen molar-refractivity contribution in [1.29, 1.82) is 0 Å². The standard InChI is InChI=1S/C21H20N6O3/c1-3-18(28)24-14-5-4-6-15(11-14)30-19-13-23-21-20(25-19)16(12-22-21)17-7-8-27(26-17)9-10-29-2/h3-8,11-13H,1,9-10H2,2H3,(H,22,23)(H,24,28). The molecule has 3 heterocycles. The molecule has 0 radical (unpaired) electrons. The van der Waals surface area contributed by atoms with Crippen LogP contribution >= 0.6 is 0 Å². The summed E-state index contributed by atoms with van der Waals surface area (Å²) >= 11 is 0. The van der Waals surface area contributed by atoms with Crippen LogP contribution in [0, 0.1) is 0 Å². The van der Waals surface area contributed by atoms with Crippen molar-refractivity contribution < 1.29 is 14.3 Å².